The van der Waals surface area contributed by atoms with Crippen LogP contribution in [-0.2, 0) is 10.9 Å². The van der Waals surface area contributed by atoms with Gasteiger partial charge in [0.1, 0.15) is 0 Å². The summed E-state index contributed by atoms with van der Waals surface area (Å²) in [6.07, 6.45) is 2.46. The molecule has 3 rings (SSSR count). The number of fused-ring (bicyclic) bond motifs is 1. The second-order valence-corrected chi connectivity index (χ2v) is 7.61. The zero-order valence-corrected chi connectivity index (χ0v) is 15.4. The van der Waals surface area contributed by atoms with Crippen molar-refractivity contribution in [3.05, 3.63) is 41.6 Å². The van der Waals surface area contributed by atoms with Crippen LogP contribution >= 0.6 is 0 Å². The maximum absolute atomic E-state index is 13.3. The normalized spacial score (nSPS) is 24.1. The third kappa shape index (κ3) is 4.20. The molecule has 142 valence electrons. The van der Waals surface area contributed by atoms with Gasteiger partial charge < -0.3 is 4.74 Å². The SMILES string of the molecule is COCCC[C@@H]1C[C@H](C)C[C@H](c2ccc(C(F)(F)F)c3ncccc23)C1. The molecule has 0 spiro atoms. The lowest BCUT2D eigenvalue weighted by molar-refractivity contribution is -0.136. The van der Waals surface area contributed by atoms with Crippen LogP contribution in [0, 0.1) is 11.8 Å². The fraction of sp³-hybridized carbons (Fsp3) is 0.571. The number of aromatic nitrogens is 1. The third-order valence-corrected chi connectivity index (χ3v) is 5.55. The van der Waals surface area contributed by atoms with Gasteiger partial charge >= 0.3 is 6.18 Å². The van der Waals surface area contributed by atoms with Crippen LogP contribution in [0.4, 0.5) is 13.2 Å². The standard InChI is InChI=1S/C21H26F3NO/c1-14-11-15(5-4-10-26-2)13-16(12-14)17-7-8-19(21(22,23)24)20-18(17)6-3-9-25-20/h3,6-9,14-16H,4-5,10-13H2,1-2H3/t14-,15+,16-/m0/s1. The molecular formula is C21H26F3NO. The summed E-state index contributed by atoms with van der Waals surface area (Å²) < 4.78 is 45.2. The molecular weight excluding hydrogens is 339 g/mol. The number of pyridine rings is 1. The molecule has 1 saturated carbocycles. The minimum atomic E-state index is -4.38. The first-order chi connectivity index (χ1) is 12.4. The Hall–Kier alpha value is -1.62. The fourth-order valence-corrected chi connectivity index (χ4v) is 4.53. The molecule has 1 aromatic carbocycles. The van der Waals surface area contributed by atoms with E-state index in [9.17, 15) is 13.2 Å². The van der Waals surface area contributed by atoms with Crippen LogP contribution in [0.25, 0.3) is 10.9 Å². The average molecular weight is 365 g/mol. The summed E-state index contributed by atoms with van der Waals surface area (Å²) in [5.41, 5.74) is 0.452. The Morgan fingerprint density at radius 1 is 1.15 bits per heavy atom. The molecule has 26 heavy (non-hydrogen) atoms. The highest BCUT2D eigenvalue weighted by atomic mass is 19.4. The number of benzene rings is 1. The van der Waals surface area contributed by atoms with Crippen molar-refractivity contribution >= 4 is 10.9 Å². The van der Waals surface area contributed by atoms with Crippen LogP contribution in [-0.4, -0.2) is 18.7 Å². The Bertz CT molecular complexity index is 744. The first kappa shape index (κ1) is 19.2. The number of methoxy groups -OCH3 is 1. The molecule has 3 atom stereocenters. The van der Waals surface area contributed by atoms with Crippen LogP contribution in [0.1, 0.15) is 56.1 Å². The topological polar surface area (TPSA) is 22.1 Å². The van der Waals surface area contributed by atoms with E-state index in [1.165, 1.54) is 18.7 Å². The fourth-order valence-electron chi connectivity index (χ4n) is 4.53. The second kappa shape index (κ2) is 7.95. The summed E-state index contributed by atoms with van der Waals surface area (Å²) in [4.78, 5) is 4.07. The van der Waals surface area contributed by atoms with E-state index < -0.39 is 11.7 Å². The number of hydrogen-bond donors (Lipinski definition) is 0. The molecule has 1 aliphatic rings. The summed E-state index contributed by atoms with van der Waals surface area (Å²) in [5, 5.41) is 0.650. The molecule has 0 saturated heterocycles. The van der Waals surface area contributed by atoms with Crippen molar-refractivity contribution in [3.8, 4) is 0 Å². The van der Waals surface area contributed by atoms with Crippen LogP contribution < -0.4 is 0 Å². The quantitative estimate of drug-likeness (QED) is 0.589. The van der Waals surface area contributed by atoms with E-state index in [1.807, 2.05) is 0 Å². The summed E-state index contributed by atoms with van der Waals surface area (Å²) in [6.45, 7) is 3.02. The van der Waals surface area contributed by atoms with Crippen LogP contribution in [0.15, 0.2) is 30.5 Å². The van der Waals surface area contributed by atoms with Gasteiger partial charge in [-0.2, -0.15) is 13.2 Å². The van der Waals surface area contributed by atoms with Crippen molar-refractivity contribution in [3.63, 3.8) is 0 Å². The van der Waals surface area contributed by atoms with Gasteiger partial charge in [-0.05, 0) is 67.6 Å². The molecule has 0 radical (unpaired) electrons. The van der Waals surface area contributed by atoms with Crippen molar-refractivity contribution in [2.45, 2.75) is 51.1 Å². The smallest absolute Gasteiger partial charge is 0.385 e. The van der Waals surface area contributed by atoms with Crippen molar-refractivity contribution in [2.75, 3.05) is 13.7 Å². The zero-order chi connectivity index (χ0) is 18.7. The second-order valence-electron chi connectivity index (χ2n) is 7.61. The summed E-state index contributed by atoms with van der Waals surface area (Å²) in [7, 11) is 1.72. The van der Waals surface area contributed by atoms with E-state index in [2.05, 4.69) is 11.9 Å². The lowest BCUT2D eigenvalue weighted by atomic mass is 9.71. The first-order valence-electron chi connectivity index (χ1n) is 9.34. The van der Waals surface area contributed by atoms with Gasteiger partial charge in [0.25, 0.3) is 0 Å². The molecule has 2 aromatic rings. The minimum Gasteiger partial charge on any atom is -0.385 e. The van der Waals surface area contributed by atoms with Gasteiger partial charge in [0.15, 0.2) is 0 Å². The predicted molar refractivity (Wildman–Crippen MR) is 97.1 cm³/mol. The zero-order valence-electron chi connectivity index (χ0n) is 15.4. The van der Waals surface area contributed by atoms with Crippen molar-refractivity contribution in [1.29, 1.82) is 0 Å². The highest BCUT2D eigenvalue weighted by Crippen LogP contribution is 2.44. The maximum Gasteiger partial charge on any atom is 0.418 e. The highest BCUT2D eigenvalue weighted by molar-refractivity contribution is 5.86. The van der Waals surface area contributed by atoms with Gasteiger partial charge in [0.05, 0.1) is 11.1 Å². The Balaban J connectivity index is 1.92. The molecule has 0 bridgehead atoms. The largest absolute Gasteiger partial charge is 0.418 e. The molecule has 0 unspecified atom stereocenters. The Morgan fingerprint density at radius 2 is 1.96 bits per heavy atom. The molecule has 2 nitrogen and oxygen atoms in total. The van der Waals surface area contributed by atoms with Gasteiger partial charge in [-0.15, -0.1) is 0 Å². The molecule has 0 amide bonds. The molecule has 1 aliphatic carbocycles. The summed E-state index contributed by atoms with van der Waals surface area (Å²) in [5.74, 6) is 1.48. The number of ether oxygens (including phenoxy) is 1. The monoisotopic (exact) mass is 365 g/mol. The maximum atomic E-state index is 13.3. The molecule has 1 heterocycles. The number of alkyl halides is 3. The predicted octanol–water partition coefficient (Wildman–Crippen LogP) is 6.20. The van der Waals surface area contributed by atoms with Gasteiger partial charge in [-0.1, -0.05) is 19.1 Å². The average Bonchev–Trinajstić information content (AvgIpc) is 2.59. The van der Waals surface area contributed by atoms with E-state index >= 15 is 0 Å². The Labute approximate surface area is 152 Å². The van der Waals surface area contributed by atoms with E-state index in [0.717, 1.165) is 37.9 Å². The number of nitrogens with zero attached hydrogens (tertiary/aromatic N) is 1. The molecule has 0 N–H and O–H groups in total. The van der Waals surface area contributed by atoms with Crippen molar-refractivity contribution < 1.29 is 17.9 Å². The van der Waals surface area contributed by atoms with Crippen molar-refractivity contribution in [1.82, 2.24) is 4.98 Å². The number of halogens is 3. The van der Waals surface area contributed by atoms with Crippen molar-refractivity contribution in [2.24, 2.45) is 11.8 Å². The molecule has 5 heteroatoms. The number of rotatable bonds is 5. The summed E-state index contributed by atoms with van der Waals surface area (Å²) >= 11 is 0. The lowest BCUT2D eigenvalue weighted by Gasteiger charge is -2.34. The van der Waals surface area contributed by atoms with E-state index in [1.54, 1.807) is 25.3 Å². The molecule has 0 aliphatic heterocycles. The van der Waals surface area contributed by atoms with Crippen LogP contribution in [0.3, 0.4) is 0 Å². The Kier molecular flexibility index (Phi) is 5.86. The van der Waals surface area contributed by atoms with E-state index in [4.69, 9.17) is 4.74 Å². The van der Waals surface area contributed by atoms with Crippen LogP contribution in [0.2, 0.25) is 0 Å². The highest BCUT2D eigenvalue weighted by Gasteiger charge is 2.35. The molecule has 1 aromatic heterocycles. The van der Waals surface area contributed by atoms with Gasteiger partial charge in [0.2, 0.25) is 0 Å². The van der Waals surface area contributed by atoms with Crippen LogP contribution in [0.5, 0.6) is 0 Å². The first-order valence-corrected chi connectivity index (χ1v) is 9.34. The van der Waals surface area contributed by atoms with E-state index in [0.29, 0.717) is 23.1 Å². The minimum absolute atomic E-state index is 0.0756. The molecule has 1 fully saturated rings. The third-order valence-electron chi connectivity index (χ3n) is 5.55. The van der Waals surface area contributed by atoms with Gasteiger partial charge in [-0.25, -0.2) is 0 Å². The number of hydrogen-bond acceptors (Lipinski definition) is 2. The van der Waals surface area contributed by atoms with E-state index in [-0.39, 0.29) is 5.52 Å². The summed E-state index contributed by atoms with van der Waals surface area (Å²) in [6, 6.07) is 6.41. The lowest BCUT2D eigenvalue weighted by Crippen LogP contribution is -2.21. The van der Waals surface area contributed by atoms with Gasteiger partial charge in [0, 0.05) is 25.3 Å². The Morgan fingerprint density at radius 3 is 2.69 bits per heavy atom. The van der Waals surface area contributed by atoms with Gasteiger partial charge in [-0.3, -0.25) is 4.98 Å².